The first-order chi connectivity index (χ1) is 12.3. The van der Waals surface area contributed by atoms with Crippen molar-refractivity contribution in [2.45, 2.75) is 49.5 Å². The second-order valence-corrected chi connectivity index (χ2v) is 8.88. The van der Waals surface area contributed by atoms with Gasteiger partial charge < -0.3 is 11.1 Å². The molecule has 0 aliphatic heterocycles. The summed E-state index contributed by atoms with van der Waals surface area (Å²) in [7, 11) is -2.21. The Kier molecular flexibility index (Phi) is 7.55. The lowest BCUT2D eigenvalue weighted by molar-refractivity contribution is -0.122. The average molecular weight is 386 g/mol. The molecule has 2 unspecified atom stereocenters. The number of hydrogen-bond donors (Lipinski definition) is 2. The van der Waals surface area contributed by atoms with Gasteiger partial charge >= 0.3 is 0 Å². The van der Waals surface area contributed by atoms with E-state index in [1.165, 1.54) is 23.5 Å². The van der Waals surface area contributed by atoms with Gasteiger partial charge in [-0.3, -0.25) is 4.79 Å². The topological polar surface area (TPSA) is 92.5 Å². The van der Waals surface area contributed by atoms with Crippen LogP contribution in [0.4, 0.5) is 4.39 Å². The minimum atomic E-state index is -3.68. The van der Waals surface area contributed by atoms with Crippen LogP contribution < -0.4 is 11.1 Å². The number of hydrogen-bond acceptors (Lipinski definition) is 4. The zero-order chi connectivity index (χ0) is 19.2. The maximum atomic E-state index is 13.0. The molecular formula is C18H28FN3O3S. The first-order valence-corrected chi connectivity index (χ1v) is 10.5. The summed E-state index contributed by atoms with van der Waals surface area (Å²) in [6.07, 6.45) is 4.92. The molecule has 0 bridgehead atoms. The Hall–Kier alpha value is -1.51. The molecule has 0 radical (unpaired) electrons. The highest BCUT2D eigenvalue weighted by Crippen LogP contribution is 2.23. The predicted molar refractivity (Wildman–Crippen MR) is 98.4 cm³/mol. The molecule has 26 heavy (non-hydrogen) atoms. The predicted octanol–water partition coefficient (Wildman–Crippen LogP) is 1.86. The molecule has 1 amide bonds. The van der Waals surface area contributed by atoms with E-state index < -0.39 is 15.8 Å². The highest BCUT2D eigenvalue weighted by atomic mass is 32.2. The lowest BCUT2D eigenvalue weighted by atomic mass is 9.84. The van der Waals surface area contributed by atoms with Crippen LogP contribution in [-0.2, 0) is 14.8 Å². The molecule has 0 aromatic heterocycles. The standard InChI is InChI=1S/C18H28FN3O3S/c1-22(26(24,25)16-10-8-15(19)9-11-16)12-4-7-18(23)21-17-6-3-2-5-14(17)13-20/h8-11,14,17H,2-7,12-13,20H2,1H3,(H,21,23). The summed E-state index contributed by atoms with van der Waals surface area (Å²) >= 11 is 0. The molecule has 8 heteroatoms. The number of nitrogens with zero attached hydrogens (tertiary/aromatic N) is 1. The second kappa shape index (κ2) is 9.43. The van der Waals surface area contributed by atoms with Gasteiger partial charge in [0.15, 0.2) is 0 Å². The Morgan fingerprint density at radius 1 is 1.27 bits per heavy atom. The molecule has 1 aliphatic carbocycles. The number of carbonyl (C=O) groups is 1. The second-order valence-electron chi connectivity index (χ2n) is 6.84. The SMILES string of the molecule is CN(CCCC(=O)NC1CCCCC1CN)S(=O)(=O)c1ccc(F)cc1. The first kappa shape index (κ1) is 20.8. The quantitative estimate of drug-likeness (QED) is 0.714. The van der Waals surface area contributed by atoms with Crippen LogP contribution in [0.25, 0.3) is 0 Å². The van der Waals surface area contributed by atoms with Crippen molar-refractivity contribution < 1.29 is 17.6 Å². The maximum absolute atomic E-state index is 13.0. The lowest BCUT2D eigenvalue weighted by Crippen LogP contribution is -2.44. The van der Waals surface area contributed by atoms with Crippen LogP contribution >= 0.6 is 0 Å². The number of nitrogens with two attached hydrogens (primary N) is 1. The molecule has 0 heterocycles. The van der Waals surface area contributed by atoms with Gasteiger partial charge in [-0.1, -0.05) is 12.8 Å². The normalized spacial score (nSPS) is 20.9. The summed E-state index contributed by atoms with van der Waals surface area (Å²) in [5.41, 5.74) is 5.77. The van der Waals surface area contributed by atoms with Gasteiger partial charge in [-0.25, -0.2) is 17.1 Å². The van der Waals surface area contributed by atoms with Gasteiger partial charge in [-0.2, -0.15) is 0 Å². The Labute approximate surface area is 155 Å². The molecule has 1 aromatic rings. The molecule has 1 fully saturated rings. The van der Waals surface area contributed by atoms with Crippen molar-refractivity contribution in [1.82, 2.24) is 9.62 Å². The fourth-order valence-corrected chi connectivity index (χ4v) is 4.54. The van der Waals surface area contributed by atoms with Crippen molar-refractivity contribution in [3.8, 4) is 0 Å². The molecule has 1 aliphatic rings. The van der Waals surface area contributed by atoms with E-state index in [0.717, 1.165) is 37.8 Å². The molecule has 1 saturated carbocycles. The van der Waals surface area contributed by atoms with Crippen LogP contribution in [0, 0.1) is 11.7 Å². The molecule has 2 atom stereocenters. The molecular weight excluding hydrogens is 357 g/mol. The highest BCUT2D eigenvalue weighted by Gasteiger charge is 2.25. The Bertz CT molecular complexity index is 694. The number of halogens is 1. The minimum absolute atomic E-state index is 0.0406. The Balaban J connectivity index is 1.80. The zero-order valence-corrected chi connectivity index (χ0v) is 16.0. The number of amides is 1. The van der Waals surface area contributed by atoms with Gasteiger partial charge in [0.1, 0.15) is 5.82 Å². The van der Waals surface area contributed by atoms with E-state index in [-0.39, 0.29) is 29.8 Å². The van der Waals surface area contributed by atoms with E-state index in [4.69, 9.17) is 5.73 Å². The maximum Gasteiger partial charge on any atom is 0.242 e. The van der Waals surface area contributed by atoms with E-state index >= 15 is 0 Å². The Morgan fingerprint density at radius 3 is 2.58 bits per heavy atom. The molecule has 146 valence electrons. The van der Waals surface area contributed by atoms with Crippen molar-refractivity contribution in [1.29, 1.82) is 0 Å². The highest BCUT2D eigenvalue weighted by molar-refractivity contribution is 7.89. The molecule has 0 spiro atoms. The van der Waals surface area contributed by atoms with Gasteiger partial charge in [0, 0.05) is 26.1 Å². The number of rotatable bonds is 8. The zero-order valence-electron chi connectivity index (χ0n) is 15.2. The van der Waals surface area contributed by atoms with Gasteiger partial charge in [0.05, 0.1) is 4.90 Å². The number of sulfonamides is 1. The first-order valence-electron chi connectivity index (χ1n) is 9.06. The third-order valence-electron chi connectivity index (χ3n) is 4.96. The summed E-state index contributed by atoms with van der Waals surface area (Å²) < 4.78 is 39.0. The molecule has 2 rings (SSSR count). The summed E-state index contributed by atoms with van der Waals surface area (Å²) in [5.74, 6) is -0.223. The van der Waals surface area contributed by atoms with Crippen molar-refractivity contribution >= 4 is 15.9 Å². The smallest absolute Gasteiger partial charge is 0.242 e. The van der Waals surface area contributed by atoms with E-state index in [9.17, 15) is 17.6 Å². The van der Waals surface area contributed by atoms with Crippen LogP contribution in [0.5, 0.6) is 0 Å². The summed E-state index contributed by atoms with van der Waals surface area (Å²) in [4.78, 5) is 12.2. The van der Waals surface area contributed by atoms with Crippen LogP contribution in [0.3, 0.4) is 0 Å². The van der Waals surface area contributed by atoms with Gasteiger partial charge in [0.25, 0.3) is 0 Å². The molecule has 1 aromatic carbocycles. The number of nitrogens with one attached hydrogen (secondary N) is 1. The van der Waals surface area contributed by atoms with Crippen molar-refractivity contribution in [2.24, 2.45) is 11.7 Å². The van der Waals surface area contributed by atoms with Crippen LogP contribution in [-0.4, -0.2) is 44.8 Å². The fourth-order valence-electron chi connectivity index (χ4n) is 3.33. The summed E-state index contributed by atoms with van der Waals surface area (Å²) in [6.45, 7) is 0.793. The van der Waals surface area contributed by atoms with Crippen LogP contribution in [0.1, 0.15) is 38.5 Å². The molecule has 6 nitrogen and oxygen atoms in total. The monoisotopic (exact) mass is 385 g/mol. The lowest BCUT2D eigenvalue weighted by Gasteiger charge is -2.31. The van der Waals surface area contributed by atoms with E-state index in [1.54, 1.807) is 0 Å². The Morgan fingerprint density at radius 2 is 1.92 bits per heavy atom. The van der Waals surface area contributed by atoms with Crippen LogP contribution in [0.2, 0.25) is 0 Å². The number of benzene rings is 1. The van der Waals surface area contributed by atoms with Gasteiger partial charge in [-0.05, 0) is 56.0 Å². The van der Waals surface area contributed by atoms with Gasteiger partial charge in [0.2, 0.25) is 15.9 Å². The number of carbonyl (C=O) groups excluding carboxylic acids is 1. The van der Waals surface area contributed by atoms with Crippen molar-refractivity contribution in [3.63, 3.8) is 0 Å². The third kappa shape index (κ3) is 5.49. The van der Waals surface area contributed by atoms with Gasteiger partial charge in [-0.15, -0.1) is 0 Å². The van der Waals surface area contributed by atoms with E-state index in [2.05, 4.69) is 5.32 Å². The fraction of sp³-hybridized carbons (Fsp3) is 0.611. The average Bonchev–Trinajstić information content (AvgIpc) is 2.62. The molecule has 3 N–H and O–H groups in total. The van der Waals surface area contributed by atoms with Crippen molar-refractivity contribution in [3.05, 3.63) is 30.1 Å². The summed E-state index contributed by atoms with van der Waals surface area (Å²) in [5, 5.41) is 3.04. The minimum Gasteiger partial charge on any atom is -0.353 e. The van der Waals surface area contributed by atoms with Crippen LogP contribution in [0.15, 0.2) is 29.2 Å². The van der Waals surface area contributed by atoms with E-state index in [0.29, 0.717) is 18.9 Å². The largest absolute Gasteiger partial charge is 0.353 e. The van der Waals surface area contributed by atoms with E-state index in [1.807, 2.05) is 0 Å². The molecule has 0 saturated heterocycles. The third-order valence-corrected chi connectivity index (χ3v) is 6.83. The van der Waals surface area contributed by atoms with Crippen molar-refractivity contribution in [2.75, 3.05) is 20.1 Å². The summed E-state index contributed by atoms with van der Waals surface area (Å²) in [6, 6.07) is 4.84.